The first-order valence-electron chi connectivity index (χ1n) is 6.28. The van der Waals surface area contributed by atoms with Crippen molar-refractivity contribution in [2.24, 2.45) is 0 Å². The van der Waals surface area contributed by atoms with Crippen LogP contribution in [0.3, 0.4) is 0 Å². The Kier molecular flexibility index (Phi) is 3.53. The summed E-state index contributed by atoms with van der Waals surface area (Å²) in [6, 6.07) is 7.54. The fourth-order valence-corrected chi connectivity index (χ4v) is 2.71. The quantitative estimate of drug-likeness (QED) is 0.788. The molecular formula is C13H13N5O2S. The van der Waals surface area contributed by atoms with E-state index in [9.17, 15) is 4.79 Å². The molecule has 8 heteroatoms. The number of para-hydroxylation sites is 1. The van der Waals surface area contributed by atoms with Gasteiger partial charge in [0.2, 0.25) is 9.97 Å². The van der Waals surface area contributed by atoms with Crippen molar-refractivity contribution in [1.29, 1.82) is 0 Å². The van der Waals surface area contributed by atoms with Gasteiger partial charge in [0.25, 0.3) is 5.91 Å². The number of ether oxygens (including phenoxy) is 1. The highest BCUT2D eigenvalue weighted by Crippen LogP contribution is 2.17. The molecule has 0 saturated heterocycles. The van der Waals surface area contributed by atoms with Gasteiger partial charge in [0.05, 0.1) is 7.11 Å². The Morgan fingerprint density at radius 3 is 2.95 bits per heavy atom. The summed E-state index contributed by atoms with van der Waals surface area (Å²) in [6.07, 6.45) is 0. The number of methoxy groups -OCH3 is 1. The molecule has 1 aromatic carbocycles. The van der Waals surface area contributed by atoms with E-state index in [4.69, 9.17) is 4.74 Å². The van der Waals surface area contributed by atoms with Crippen molar-refractivity contribution in [2.45, 2.75) is 13.5 Å². The van der Waals surface area contributed by atoms with Gasteiger partial charge < -0.3 is 10.1 Å². The molecule has 0 bridgehead atoms. The Bertz CT molecular complexity index is 795. The highest BCUT2D eigenvalue weighted by atomic mass is 32.1. The van der Waals surface area contributed by atoms with Crippen LogP contribution in [0.1, 0.15) is 21.2 Å². The third kappa shape index (κ3) is 2.57. The van der Waals surface area contributed by atoms with Crippen LogP contribution in [0.4, 0.5) is 0 Å². The first-order valence-corrected chi connectivity index (χ1v) is 7.09. The van der Waals surface area contributed by atoms with Crippen LogP contribution in [0, 0.1) is 6.92 Å². The van der Waals surface area contributed by atoms with Gasteiger partial charge in [-0.05, 0) is 13.0 Å². The number of nitrogens with one attached hydrogen (secondary N) is 1. The van der Waals surface area contributed by atoms with E-state index in [0.717, 1.165) is 11.3 Å². The lowest BCUT2D eigenvalue weighted by Crippen LogP contribution is -2.23. The predicted molar refractivity (Wildman–Crippen MR) is 77.6 cm³/mol. The number of benzene rings is 1. The van der Waals surface area contributed by atoms with Crippen LogP contribution >= 0.6 is 11.3 Å². The van der Waals surface area contributed by atoms with Gasteiger partial charge in [0, 0.05) is 12.1 Å². The number of nitrogens with zero attached hydrogens (tertiary/aromatic N) is 4. The van der Waals surface area contributed by atoms with E-state index in [-0.39, 0.29) is 5.91 Å². The number of hydrogen-bond acceptors (Lipinski definition) is 6. The van der Waals surface area contributed by atoms with E-state index in [0.29, 0.717) is 22.3 Å². The van der Waals surface area contributed by atoms with Crippen molar-refractivity contribution < 1.29 is 9.53 Å². The fourth-order valence-electron chi connectivity index (χ4n) is 1.91. The monoisotopic (exact) mass is 303 g/mol. The fraction of sp³-hybridized carbons (Fsp3) is 0.231. The van der Waals surface area contributed by atoms with E-state index >= 15 is 0 Å². The molecule has 0 unspecified atom stereocenters. The molecule has 1 N–H and O–H groups in total. The van der Waals surface area contributed by atoms with Gasteiger partial charge in [0.1, 0.15) is 5.75 Å². The number of amides is 1. The second kappa shape index (κ2) is 5.49. The maximum absolute atomic E-state index is 12.1. The van der Waals surface area contributed by atoms with E-state index in [1.54, 1.807) is 18.5 Å². The molecule has 0 aliphatic carbocycles. The minimum absolute atomic E-state index is 0.240. The summed E-state index contributed by atoms with van der Waals surface area (Å²) in [5, 5.41) is 15.2. The van der Waals surface area contributed by atoms with Gasteiger partial charge in [-0.2, -0.15) is 4.52 Å². The number of carbonyl (C=O) groups is 1. The standard InChI is InChI=1S/C13H13N5O2S/c1-8-15-16-13-18(8)17-12(21-13)11(19)14-7-9-5-3-4-6-10(9)20-2/h3-6H,7H2,1-2H3,(H,14,19). The molecule has 108 valence electrons. The van der Waals surface area contributed by atoms with Crippen molar-refractivity contribution in [3.8, 4) is 5.75 Å². The number of aromatic nitrogens is 4. The van der Waals surface area contributed by atoms with Crippen molar-refractivity contribution in [1.82, 2.24) is 25.1 Å². The number of aryl methyl sites for hydroxylation is 1. The highest BCUT2D eigenvalue weighted by Gasteiger charge is 2.15. The summed E-state index contributed by atoms with van der Waals surface area (Å²) in [6.45, 7) is 2.16. The summed E-state index contributed by atoms with van der Waals surface area (Å²) < 4.78 is 6.81. The normalized spacial score (nSPS) is 10.8. The van der Waals surface area contributed by atoms with Crippen LogP contribution in [0.15, 0.2) is 24.3 Å². The third-order valence-electron chi connectivity index (χ3n) is 2.97. The average molecular weight is 303 g/mol. The maximum atomic E-state index is 12.1. The molecule has 0 spiro atoms. The molecular weight excluding hydrogens is 290 g/mol. The molecule has 3 aromatic rings. The topological polar surface area (TPSA) is 81.4 Å². The van der Waals surface area contributed by atoms with Gasteiger partial charge in [0.15, 0.2) is 5.82 Å². The summed E-state index contributed by atoms with van der Waals surface area (Å²) in [5.74, 6) is 1.16. The second-order valence-corrected chi connectivity index (χ2v) is 5.30. The van der Waals surface area contributed by atoms with E-state index in [2.05, 4.69) is 20.6 Å². The number of rotatable bonds is 4. The minimum atomic E-state index is -0.240. The lowest BCUT2D eigenvalue weighted by Gasteiger charge is -2.08. The smallest absolute Gasteiger partial charge is 0.282 e. The highest BCUT2D eigenvalue weighted by molar-refractivity contribution is 7.18. The number of hydrogen-bond donors (Lipinski definition) is 1. The lowest BCUT2D eigenvalue weighted by molar-refractivity contribution is 0.0949. The average Bonchev–Trinajstić information content (AvgIpc) is 3.07. The Balaban J connectivity index is 1.74. The SMILES string of the molecule is COc1ccccc1CNC(=O)c1nn2c(C)nnc2s1. The van der Waals surface area contributed by atoms with Gasteiger partial charge in [-0.3, -0.25) is 4.79 Å². The first-order chi connectivity index (χ1) is 10.2. The molecule has 0 fully saturated rings. The molecule has 0 aliphatic rings. The third-order valence-corrected chi connectivity index (χ3v) is 3.87. The molecule has 0 saturated carbocycles. The van der Waals surface area contributed by atoms with E-state index in [1.807, 2.05) is 24.3 Å². The molecule has 0 radical (unpaired) electrons. The maximum Gasteiger partial charge on any atom is 0.282 e. The molecule has 21 heavy (non-hydrogen) atoms. The lowest BCUT2D eigenvalue weighted by atomic mass is 10.2. The van der Waals surface area contributed by atoms with Gasteiger partial charge in [-0.25, -0.2) is 0 Å². The molecule has 0 aliphatic heterocycles. The minimum Gasteiger partial charge on any atom is -0.496 e. The molecule has 0 atom stereocenters. The van der Waals surface area contributed by atoms with Crippen LogP contribution in [0.5, 0.6) is 5.75 Å². The molecule has 7 nitrogen and oxygen atoms in total. The Morgan fingerprint density at radius 2 is 2.19 bits per heavy atom. The summed E-state index contributed by atoms with van der Waals surface area (Å²) in [7, 11) is 1.60. The Morgan fingerprint density at radius 1 is 1.38 bits per heavy atom. The van der Waals surface area contributed by atoms with Crippen molar-refractivity contribution in [3.05, 3.63) is 40.7 Å². The van der Waals surface area contributed by atoms with E-state index < -0.39 is 0 Å². The van der Waals surface area contributed by atoms with E-state index in [1.165, 1.54) is 11.3 Å². The molecule has 1 amide bonds. The van der Waals surface area contributed by atoms with Crippen LogP contribution in [0.2, 0.25) is 0 Å². The number of carbonyl (C=O) groups excluding carboxylic acids is 1. The first kappa shape index (κ1) is 13.5. The van der Waals surface area contributed by atoms with Crippen LogP contribution in [0.25, 0.3) is 4.96 Å². The zero-order valence-electron chi connectivity index (χ0n) is 11.5. The van der Waals surface area contributed by atoms with Crippen molar-refractivity contribution in [2.75, 3.05) is 7.11 Å². The molecule has 2 aromatic heterocycles. The van der Waals surface area contributed by atoms with Crippen molar-refractivity contribution in [3.63, 3.8) is 0 Å². The largest absolute Gasteiger partial charge is 0.496 e. The number of fused-ring (bicyclic) bond motifs is 1. The summed E-state index contributed by atoms with van der Waals surface area (Å²) in [4.78, 5) is 12.7. The summed E-state index contributed by atoms with van der Waals surface area (Å²) >= 11 is 1.21. The zero-order valence-corrected chi connectivity index (χ0v) is 12.3. The molecule has 2 heterocycles. The second-order valence-electron chi connectivity index (χ2n) is 4.34. The Labute approximate surface area is 124 Å². The zero-order chi connectivity index (χ0) is 14.8. The Hall–Kier alpha value is -2.48. The van der Waals surface area contributed by atoms with Gasteiger partial charge in [-0.15, -0.1) is 15.3 Å². The van der Waals surface area contributed by atoms with Crippen LogP contribution < -0.4 is 10.1 Å². The predicted octanol–water partition coefficient (Wildman–Crippen LogP) is 1.43. The van der Waals surface area contributed by atoms with Crippen LogP contribution in [-0.4, -0.2) is 32.8 Å². The van der Waals surface area contributed by atoms with Gasteiger partial charge >= 0.3 is 0 Å². The van der Waals surface area contributed by atoms with Gasteiger partial charge in [-0.1, -0.05) is 29.5 Å². The summed E-state index contributed by atoms with van der Waals surface area (Å²) in [5.41, 5.74) is 0.910. The molecule has 3 rings (SSSR count). The van der Waals surface area contributed by atoms with Crippen LogP contribution in [-0.2, 0) is 6.54 Å². The van der Waals surface area contributed by atoms with Crippen molar-refractivity contribution >= 4 is 22.2 Å².